The number of hydrogen-bond acceptors (Lipinski definition) is 5. The largest absolute Gasteiger partial charge is 0.480 e. The Hall–Kier alpha value is -1.28. The normalized spacial score (nSPS) is 23.8. The molecular formula is C11H16N2O5S. The third-order valence-electron chi connectivity index (χ3n) is 3.17. The van der Waals surface area contributed by atoms with Crippen LogP contribution in [-0.2, 0) is 14.3 Å². The second-order valence-corrected chi connectivity index (χ2v) is 5.41. The third-order valence-corrected chi connectivity index (χ3v) is 4.07. The van der Waals surface area contributed by atoms with E-state index in [1.54, 1.807) is 4.90 Å². The zero-order valence-corrected chi connectivity index (χ0v) is 11.2. The van der Waals surface area contributed by atoms with E-state index in [-0.39, 0.29) is 24.2 Å². The molecule has 2 amide bonds. The summed E-state index contributed by atoms with van der Waals surface area (Å²) in [5, 5.41) is 9.03. The van der Waals surface area contributed by atoms with E-state index in [1.807, 2.05) is 0 Å². The minimum atomic E-state index is -1.05. The molecule has 0 aromatic rings. The number of carboxylic acids is 1. The lowest BCUT2D eigenvalue weighted by molar-refractivity contribution is -0.158. The Bertz CT molecular complexity index is 389. The van der Waals surface area contributed by atoms with Crippen molar-refractivity contribution >= 4 is 28.9 Å². The summed E-state index contributed by atoms with van der Waals surface area (Å²) in [6.45, 7) is 1.68. The second-order valence-electron chi connectivity index (χ2n) is 4.37. The summed E-state index contributed by atoms with van der Waals surface area (Å²) < 4.78 is 5.08. The van der Waals surface area contributed by atoms with Crippen molar-refractivity contribution in [3.63, 3.8) is 0 Å². The topological polar surface area (TPSA) is 87.2 Å². The van der Waals surface area contributed by atoms with Gasteiger partial charge in [0.05, 0.1) is 13.2 Å². The molecule has 7 nitrogen and oxygen atoms in total. The van der Waals surface area contributed by atoms with Crippen LogP contribution in [0.5, 0.6) is 0 Å². The monoisotopic (exact) mass is 288 g/mol. The van der Waals surface area contributed by atoms with Crippen LogP contribution in [0.3, 0.4) is 0 Å². The van der Waals surface area contributed by atoms with Gasteiger partial charge in [0.25, 0.3) is 5.24 Å². The molecule has 2 heterocycles. The number of nitrogens with zero attached hydrogens (tertiary/aromatic N) is 2. The summed E-state index contributed by atoms with van der Waals surface area (Å²) in [6.07, 6.45) is 0.163. The number of thioether (sulfide) groups is 1. The molecule has 1 N–H and O–H groups in total. The van der Waals surface area contributed by atoms with Gasteiger partial charge in [-0.25, -0.2) is 4.79 Å². The molecule has 0 aromatic carbocycles. The average molecular weight is 288 g/mol. The van der Waals surface area contributed by atoms with Gasteiger partial charge in [-0.1, -0.05) is 11.8 Å². The van der Waals surface area contributed by atoms with Crippen molar-refractivity contribution in [1.82, 2.24) is 9.80 Å². The van der Waals surface area contributed by atoms with E-state index < -0.39 is 12.0 Å². The molecule has 1 atom stereocenters. The smallest absolute Gasteiger partial charge is 0.328 e. The highest BCUT2D eigenvalue weighted by atomic mass is 32.2. The molecule has 0 bridgehead atoms. The highest BCUT2D eigenvalue weighted by Gasteiger charge is 2.33. The van der Waals surface area contributed by atoms with Gasteiger partial charge in [-0.3, -0.25) is 9.59 Å². The summed E-state index contributed by atoms with van der Waals surface area (Å²) in [5.41, 5.74) is 0. The zero-order chi connectivity index (χ0) is 13.8. The number of ether oxygens (including phenoxy) is 1. The fourth-order valence-corrected chi connectivity index (χ4v) is 2.96. The number of hydrogen-bond donors (Lipinski definition) is 1. The van der Waals surface area contributed by atoms with Crippen molar-refractivity contribution < 1.29 is 24.2 Å². The van der Waals surface area contributed by atoms with Crippen molar-refractivity contribution in [2.45, 2.75) is 12.5 Å². The molecule has 8 heteroatoms. The number of rotatable bonds is 4. The summed E-state index contributed by atoms with van der Waals surface area (Å²) in [6, 6.07) is -0.912. The van der Waals surface area contributed by atoms with Crippen LogP contribution in [0, 0.1) is 0 Å². The Morgan fingerprint density at radius 2 is 2.21 bits per heavy atom. The predicted octanol–water partition coefficient (Wildman–Crippen LogP) is -0.143. The van der Waals surface area contributed by atoms with E-state index >= 15 is 0 Å². The summed E-state index contributed by atoms with van der Waals surface area (Å²) >= 11 is 1.25. The molecule has 2 saturated heterocycles. The molecule has 2 fully saturated rings. The molecule has 1 unspecified atom stereocenters. The first kappa shape index (κ1) is 14.1. The fraction of sp³-hybridized carbons (Fsp3) is 0.727. The standard InChI is InChI=1S/C11H16N2O5S/c14-9(1-2-12-4-6-19-11(12)17)13-3-5-18-7-8(13)10(15)16/h8H,1-7H2,(H,15,16). The van der Waals surface area contributed by atoms with Gasteiger partial charge in [-0.05, 0) is 0 Å². The van der Waals surface area contributed by atoms with Gasteiger partial charge >= 0.3 is 5.97 Å². The Labute approximate surface area is 114 Å². The van der Waals surface area contributed by atoms with Crippen LogP contribution in [0.4, 0.5) is 4.79 Å². The number of carbonyl (C=O) groups is 3. The van der Waals surface area contributed by atoms with Gasteiger partial charge < -0.3 is 19.6 Å². The summed E-state index contributed by atoms with van der Waals surface area (Å²) in [4.78, 5) is 37.4. The Morgan fingerprint density at radius 1 is 1.42 bits per heavy atom. The molecule has 0 saturated carbocycles. The number of carboxylic acid groups (broad SMARTS) is 1. The molecule has 2 rings (SSSR count). The van der Waals surface area contributed by atoms with Crippen LogP contribution in [0.2, 0.25) is 0 Å². The molecule has 2 aliphatic heterocycles. The number of amides is 2. The highest BCUT2D eigenvalue weighted by Crippen LogP contribution is 2.18. The average Bonchev–Trinajstić information content (AvgIpc) is 2.81. The maximum Gasteiger partial charge on any atom is 0.328 e. The second kappa shape index (κ2) is 6.25. The Balaban J connectivity index is 1.87. The van der Waals surface area contributed by atoms with Crippen LogP contribution in [0.15, 0.2) is 0 Å². The quantitative estimate of drug-likeness (QED) is 0.774. The van der Waals surface area contributed by atoms with Crippen molar-refractivity contribution in [2.75, 3.05) is 38.6 Å². The van der Waals surface area contributed by atoms with Gasteiger partial charge in [0.2, 0.25) is 5.91 Å². The van der Waals surface area contributed by atoms with Gasteiger partial charge in [0.1, 0.15) is 0 Å². The first-order chi connectivity index (χ1) is 9.09. The van der Waals surface area contributed by atoms with Crippen molar-refractivity contribution in [3.8, 4) is 0 Å². The van der Waals surface area contributed by atoms with E-state index in [0.717, 1.165) is 5.75 Å². The van der Waals surface area contributed by atoms with Crippen LogP contribution >= 0.6 is 11.8 Å². The molecule has 0 aliphatic carbocycles. The van der Waals surface area contributed by atoms with Gasteiger partial charge in [-0.2, -0.15) is 0 Å². The lowest BCUT2D eigenvalue weighted by Gasteiger charge is -2.33. The van der Waals surface area contributed by atoms with Gasteiger partial charge in [0.15, 0.2) is 6.04 Å². The van der Waals surface area contributed by atoms with Gasteiger partial charge in [0, 0.05) is 31.8 Å². The maximum absolute atomic E-state index is 12.0. The Morgan fingerprint density at radius 3 is 2.84 bits per heavy atom. The van der Waals surface area contributed by atoms with E-state index in [4.69, 9.17) is 9.84 Å². The molecule has 0 radical (unpaired) electrons. The van der Waals surface area contributed by atoms with Crippen molar-refractivity contribution in [2.24, 2.45) is 0 Å². The fourth-order valence-electron chi connectivity index (χ4n) is 2.11. The van der Waals surface area contributed by atoms with Crippen LogP contribution in [0.25, 0.3) is 0 Å². The number of aliphatic carboxylic acids is 1. The van der Waals surface area contributed by atoms with E-state index in [0.29, 0.717) is 26.2 Å². The van der Waals surface area contributed by atoms with Crippen LogP contribution in [-0.4, -0.2) is 76.7 Å². The Kier molecular flexibility index (Phi) is 4.65. The molecule has 2 aliphatic rings. The zero-order valence-electron chi connectivity index (χ0n) is 10.4. The molecule has 19 heavy (non-hydrogen) atoms. The third kappa shape index (κ3) is 3.38. The number of morpholine rings is 1. The SMILES string of the molecule is O=C(O)C1COCCN1C(=O)CCN1CCSC1=O. The minimum Gasteiger partial charge on any atom is -0.480 e. The molecule has 106 valence electrons. The first-order valence-electron chi connectivity index (χ1n) is 6.11. The molecule has 0 aromatic heterocycles. The van der Waals surface area contributed by atoms with E-state index in [2.05, 4.69) is 0 Å². The van der Waals surface area contributed by atoms with Gasteiger partial charge in [-0.15, -0.1) is 0 Å². The summed E-state index contributed by atoms with van der Waals surface area (Å²) in [5.74, 6) is -0.538. The summed E-state index contributed by atoms with van der Waals surface area (Å²) in [7, 11) is 0. The first-order valence-corrected chi connectivity index (χ1v) is 7.10. The van der Waals surface area contributed by atoms with Crippen LogP contribution in [0.1, 0.15) is 6.42 Å². The maximum atomic E-state index is 12.0. The molecule has 0 spiro atoms. The number of carbonyl (C=O) groups excluding carboxylic acids is 2. The predicted molar refractivity (Wildman–Crippen MR) is 68.0 cm³/mol. The van der Waals surface area contributed by atoms with Crippen molar-refractivity contribution in [3.05, 3.63) is 0 Å². The van der Waals surface area contributed by atoms with E-state index in [1.165, 1.54) is 16.7 Å². The van der Waals surface area contributed by atoms with Crippen LogP contribution < -0.4 is 0 Å². The molecular weight excluding hydrogens is 272 g/mol. The lowest BCUT2D eigenvalue weighted by Crippen LogP contribution is -2.53. The minimum absolute atomic E-state index is 0.00966. The van der Waals surface area contributed by atoms with Crippen molar-refractivity contribution in [1.29, 1.82) is 0 Å². The van der Waals surface area contributed by atoms with E-state index in [9.17, 15) is 14.4 Å². The lowest BCUT2D eigenvalue weighted by atomic mass is 10.2. The highest BCUT2D eigenvalue weighted by molar-refractivity contribution is 8.13.